The lowest BCUT2D eigenvalue weighted by molar-refractivity contribution is 0.359. The second-order valence-corrected chi connectivity index (χ2v) is 6.30. The van der Waals surface area contributed by atoms with Crippen molar-refractivity contribution in [3.05, 3.63) is 0 Å². The fourth-order valence-corrected chi connectivity index (χ4v) is 2.85. The van der Waals surface area contributed by atoms with Crippen LogP contribution in [0.25, 0.3) is 0 Å². The molecule has 102 valence electrons. The van der Waals surface area contributed by atoms with Gasteiger partial charge in [-0.3, -0.25) is 0 Å². The van der Waals surface area contributed by atoms with Crippen molar-refractivity contribution >= 4 is 0 Å². The Labute approximate surface area is 109 Å². The van der Waals surface area contributed by atoms with Crippen LogP contribution in [0.5, 0.6) is 0 Å². The van der Waals surface area contributed by atoms with Gasteiger partial charge in [-0.2, -0.15) is 0 Å². The number of hydrogen-bond acceptors (Lipinski definition) is 1. The second kappa shape index (κ2) is 9.94. The SMILES string of the molecule is CC(C)CCCCNCC1CCCCCCC1. The Bertz CT molecular complexity index is 157. The van der Waals surface area contributed by atoms with Gasteiger partial charge in [0.25, 0.3) is 0 Å². The van der Waals surface area contributed by atoms with Gasteiger partial charge in [0.05, 0.1) is 0 Å². The highest BCUT2D eigenvalue weighted by molar-refractivity contribution is 4.66. The van der Waals surface area contributed by atoms with Crippen LogP contribution in [0.15, 0.2) is 0 Å². The van der Waals surface area contributed by atoms with Crippen molar-refractivity contribution in [1.82, 2.24) is 5.32 Å². The molecule has 17 heavy (non-hydrogen) atoms. The lowest BCUT2D eigenvalue weighted by atomic mass is 9.91. The average Bonchev–Trinajstić information content (AvgIpc) is 2.25. The van der Waals surface area contributed by atoms with Crippen LogP contribution in [0.2, 0.25) is 0 Å². The molecule has 0 aromatic rings. The van der Waals surface area contributed by atoms with Crippen molar-refractivity contribution in [1.29, 1.82) is 0 Å². The second-order valence-electron chi connectivity index (χ2n) is 6.30. The summed E-state index contributed by atoms with van der Waals surface area (Å²) in [5.74, 6) is 1.85. The van der Waals surface area contributed by atoms with Crippen LogP contribution in [0, 0.1) is 11.8 Å². The van der Waals surface area contributed by atoms with E-state index in [1.165, 1.54) is 77.3 Å². The summed E-state index contributed by atoms with van der Waals surface area (Å²) >= 11 is 0. The lowest BCUT2D eigenvalue weighted by Gasteiger charge is -2.20. The summed E-state index contributed by atoms with van der Waals surface area (Å²) in [6, 6.07) is 0. The van der Waals surface area contributed by atoms with Crippen LogP contribution < -0.4 is 5.32 Å². The van der Waals surface area contributed by atoms with Gasteiger partial charge in [-0.1, -0.05) is 58.8 Å². The Morgan fingerprint density at radius 3 is 2.24 bits per heavy atom. The highest BCUT2D eigenvalue weighted by Crippen LogP contribution is 2.21. The number of rotatable bonds is 7. The molecule has 1 nitrogen and oxygen atoms in total. The lowest BCUT2D eigenvalue weighted by Crippen LogP contribution is -2.24. The molecular weight excluding hydrogens is 206 g/mol. The molecule has 0 spiro atoms. The molecule has 0 amide bonds. The van der Waals surface area contributed by atoms with Gasteiger partial charge in [-0.15, -0.1) is 0 Å². The van der Waals surface area contributed by atoms with Gasteiger partial charge in [-0.25, -0.2) is 0 Å². The van der Waals surface area contributed by atoms with E-state index in [1.807, 2.05) is 0 Å². The first-order chi connectivity index (χ1) is 8.29. The topological polar surface area (TPSA) is 12.0 Å². The third-order valence-corrected chi connectivity index (χ3v) is 4.04. The average molecular weight is 239 g/mol. The molecule has 0 bridgehead atoms. The molecule has 1 N–H and O–H groups in total. The van der Waals surface area contributed by atoms with Gasteiger partial charge in [-0.05, 0) is 44.2 Å². The van der Waals surface area contributed by atoms with Crippen molar-refractivity contribution in [3.8, 4) is 0 Å². The molecule has 0 aliphatic heterocycles. The van der Waals surface area contributed by atoms with Crippen LogP contribution in [0.1, 0.15) is 78.1 Å². The first-order valence-corrected chi connectivity index (χ1v) is 7.99. The van der Waals surface area contributed by atoms with E-state index in [9.17, 15) is 0 Å². The van der Waals surface area contributed by atoms with E-state index in [0.29, 0.717) is 0 Å². The van der Waals surface area contributed by atoms with E-state index < -0.39 is 0 Å². The minimum Gasteiger partial charge on any atom is -0.316 e. The number of unbranched alkanes of at least 4 members (excludes halogenated alkanes) is 1. The molecule has 1 aliphatic carbocycles. The predicted molar refractivity (Wildman–Crippen MR) is 77.4 cm³/mol. The van der Waals surface area contributed by atoms with Gasteiger partial charge < -0.3 is 5.32 Å². The zero-order valence-electron chi connectivity index (χ0n) is 12.1. The standard InChI is InChI=1S/C16H33N/c1-15(2)10-8-9-13-17-14-16-11-6-4-3-5-7-12-16/h15-17H,3-14H2,1-2H3. The predicted octanol–water partition coefficient (Wildman–Crippen LogP) is 4.76. The fraction of sp³-hybridized carbons (Fsp3) is 1.00. The maximum Gasteiger partial charge on any atom is -0.00205 e. The van der Waals surface area contributed by atoms with E-state index >= 15 is 0 Å². The van der Waals surface area contributed by atoms with Crippen LogP contribution in [-0.2, 0) is 0 Å². The van der Waals surface area contributed by atoms with Gasteiger partial charge >= 0.3 is 0 Å². The smallest absolute Gasteiger partial charge is 0.00205 e. The van der Waals surface area contributed by atoms with Crippen LogP contribution in [0.4, 0.5) is 0 Å². The molecule has 1 fully saturated rings. The van der Waals surface area contributed by atoms with Crippen molar-refractivity contribution in [2.45, 2.75) is 78.1 Å². The molecule has 1 saturated carbocycles. The van der Waals surface area contributed by atoms with Crippen molar-refractivity contribution in [3.63, 3.8) is 0 Å². The summed E-state index contributed by atoms with van der Waals surface area (Å²) in [6.07, 6.45) is 14.5. The molecule has 0 radical (unpaired) electrons. The van der Waals surface area contributed by atoms with Crippen molar-refractivity contribution in [2.24, 2.45) is 11.8 Å². The Morgan fingerprint density at radius 1 is 0.941 bits per heavy atom. The molecule has 1 aliphatic rings. The molecule has 0 atom stereocenters. The summed E-state index contributed by atoms with van der Waals surface area (Å²) in [5, 5.41) is 3.68. The molecule has 1 rings (SSSR count). The minimum atomic E-state index is 0.876. The van der Waals surface area contributed by atoms with Gasteiger partial charge in [0, 0.05) is 0 Å². The quantitative estimate of drug-likeness (QED) is 0.631. The van der Waals surface area contributed by atoms with E-state index in [-0.39, 0.29) is 0 Å². The normalized spacial score (nSPS) is 19.2. The first-order valence-electron chi connectivity index (χ1n) is 7.99. The Morgan fingerprint density at radius 2 is 1.59 bits per heavy atom. The molecule has 0 saturated heterocycles. The van der Waals surface area contributed by atoms with E-state index in [4.69, 9.17) is 0 Å². The van der Waals surface area contributed by atoms with E-state index in [0.717, 1.165) is 11.8 Å². The van der Waals surface area contributed by atoms with Gasteiger partial charge in [0.1, 0.15) is 0 Å². The Balaban J connectivity index is 1.93. The fourth-order valence-electron chi connectivity index (χ4n) is 2.85. The van der Waals surface area contributed by atoms with E-state index in [2.05, 4.69) is 19.2 Å². The largest absolute Gasteiger partial charge is 0.316 e. The minimum absolute atomic E-state index is 0.876. The summed E-state index contributed by atoms with van der Waals surface area (Å²) in [6.45, 7) is 7.16. The highest BCUT2D eigenvalue weighted by atomic mass is 14.8. The maximum absolute atomic E-state index is 3.68. The van der Waals surface area contributed by atoms with E-state index in [1.54, 1.807) is 0 Å². The van der Waals surface area contributed by atoms with Gasteiger partial charge in [0.2, 0.25) is 0 Å². The van der Waals surface area contributed by atoms with Crippen LogP contribution in [0.3, 0.4) is 0 Å². The Kier molecular flexibility index (Phi) is 8.78. The first kappa shape index (κ1) is 15.0. The zero-order chi connectivity index (χ0) is 12.3. The summed E-state index contributed by atoms with van der Waals surface area (Å²) in [7, 11) is 0. The Hall–Kier alpha value is -0.0400. The van der Waals surface area contributed by atoms with Crippen LogP contribution in [-0.4, -0.2) is 13.1 Å². The highest BCUT2D eigenvalue weighted by Gasteiger charge is 2.10. The number of nitrogens with one attached hydrogen (secondary N) is 1. The van der Waals surface area contributed by atoms with Gasteiger partial charge in [0.15, 0.2) is 0 Å². The van der Waals surface area contributed by atoms with Crippen molar-refractivity contribution in [2.75, 3.05) is 13.1 Å². The maximum atomic E-state index is 3.68. The molecular formula is C16H33N. The number of hydrogen-bond donors (Lipinski definition) is 1. The summed E-state index contributed by atoms with van der Waals surface area (Å²) in [5.41, 5.74) is 0. The molecule has 0 aromatic carbocycles. The molecule has 0 unspecified atom stereocenters. The molecule has 0 heterocycles. The summed E-state index contributed by atoms with van der Waals surface area (Å²) < 4.78 is 0. The molecule has 0 aromatic heterocycles. The van der Waals surface area contributed by atoms with Crippen LogP contribution >= 0.6 is 0 Å². The zero-order valence-corrected chi connectivity index (χ0v) is 12.1. The molecule has 1 heteroatoms. The summed E-state index contributed by atoms with van der Waals surface area (Å²) in [4.78, 5) is 0. The third kappa shape index (κ3) is 8.65. The monoisotopic (exact) mass is 239 g/mol. The third-order valence-electron chi connectivity index (χ3n) is 4.04. The van der Waals surface area contributed by atoms with Crippen molar-refractivity contribution < 1.29 is 0 Å².